The number of halogens is 2. The summed E-state index contributed by atoms with van der Waals surface area (Å²) < 4.78 is 2.09. The molecule has 0 radical (unpaired) electrons. The summed E-state index contributed by atoms with van der Waals surface area (Å²) in [6, 6.07) is 9.44. The molecule has 5 nitrogen and oxygen atoms in total. The van der Waals surface area contributed by atoms with Crippen molar-refractivity contribution in [1.82, 2.24) is 14.9 Å². The Morgan fingerprint density at radius 1 is 1.29 bits per heavy atom. The highest BCUT2D eigenvalue weighted by atomic mass is 35.5. The molecule has 2 unspecified atom stereocenters. The molecule has 0 aliphatic carbocycles. The van der Waals surface area contributed by atoms with Gasteiger partial charge in [0.2, 0.25) is 5.91 Å². The molecule has 3 N–H and O–H groups in total. The van der Waals surface area contributed by atoms with Crippen LogP contribution < -0.4 is 11.1 Å². The molecule has 24 heavy (non-hydrogen) atoms. The minimum Gasteiger partial charge on any atom is -0.356 e. The summed E-state index contributed by atoms with van der Waals surface area (Å²) in [7, 11) is 0. The monoisotopic (exact) mass is 372 g/mol. The van der Waals surface area contributed by atoms with Crippen molar-refractivity contribution >= 4 is 30.7 Å². The number of amides is 1. The first kappa shape index (κ1) is 22.4. The summed E-state index contributed by atoms with van der Waals surface area (Å²) in [6.07, 6.45) is 4.05. The lowest BCUT2D eigenvalue weighted by Crippen LogP contribution is -2.32. The van der Waals surface area contributed by atoms with Crippen LogP contribution in [0, 0.1) is 12.8 Å². The maximum Gasteiger partial charge on any atom is 0.221 e. The molecule has 0 spiro atoms. The van der Waals surface area contributed by atoms with Crippen LogP contribution in [-0.2, 0) is 11.3 Å². The van der Waals surface area contributed by atoms with Gasteiger partial charge in [-0.05, 0) is 18.4 Å². The van der Waals surface area contributed by atoms with Crippen molar-refractivity contribution in [3.8, 4) is 0 Å². The number of aryl methyl sites for hydroxylation is 1. The summed E-state index contributed by atoms with van der Waals surface area (Å²) in [5.41, 5.74) is 7.04. The third kappa shape index (κ3) is 6.91. The van der Waals surface area contributed by atoms with E-state index in [-0.39, 0.29) is 36.8 Å². The predicted octanol–water partition coefficient (Wildman–Crippen LogP) is 2.88. The standard InChI is InChI=1S/C17H24N4O.2ClH/c1-13(12-21-9-8-19-14(21)2)11-20-17(22)10-16(18)15-6-4-3-5-7-15;;/h3-9,13,16H,10-12,18H2,1-2H3,(H,20,22);2*1H. The second-order valence-electron chi connectivity index (χ2n) is 5.76. The van der Waals surface area contributed by atoms with Gasteiger partial charge in [0, 0.05) is 37.9 Å². The first-order chi connectivity index (χ1) is 10.6. The number of nitrogens with zero attached hydrogens (tertiary/aromatic N) is 2. The fourth-order valence-corrected chi connectivity index (χ4v) is 2.38. The van der Waals surface area contributed by atoms with Crippen molar-refractivity contribution in [3.05, 3.63) is 54.1 Å². The Morgan fingerprint density at radius 3 is 2.54 bits per heavy atom. The fourth-order valence-electron chi connectivity index (χ4n) is 2.38. The first-order valence-electron chi connectivity index (χ1n) is 7.61. The zero-order valence-electron chi connectivity index (χ0n) is 14.0. The maximum atomic E-state index is 12.0. The van der Waals surface area contributed by atoms with Gasteiger partial charge in [-0.2, -0.15) is 0 Å². The molecule has 0 aliphatic rings. The lowest BCUT2D eigenvalue weighted by molar-refractivity contribution is -0.121. The molecule has 2 atom stereocenters. The predicted molar refractivity (Wildman–Crippen MR) is 102 cm³/mol. The van der Waals surface area contributed by atoms with Gasteiger partial charge in [0.15, 0.2) is 0 Å². The molecule has 7 heteroatoms. The van der Waals surface area contributed by atoms with Crippen LogP contribution in [0.25, 0.3) is 0 Å². The summed E-state index contributed by atoms with van der Waals surface area (Å²) in [5, 5.41) is 2.96. The Labute approximate surface area is 155 Å². The molecule has 134 valence electrons. The number of carbonyl (C=O) groups is 1. The molecule has 1 aromatic carbocycles. The Balaban J connectivity index is 0.00000264. The molecular formula is C17H26Cl2N4O. The van der Waals surface area contributed by atoms with E-state index < -0.39 is 0 Å². The van der Waals surface area contributed by atoms with E-state index in [4.69, 9.17) is 5.73 Å². The fraction of sp³-hybridized carbons (Fsp3) is 0.412. The average molecular weight is 373 g/mol. The summed E-state index contributed by atoms with van der Waals surface area (Å²) >= 11 is 0. The molecule has 0 saturated heterocycles. The van der Waals surface area contributed by atoms with Crippen LogP contribution in [-0.4, -0.2) is 22.0 Å². The van der Waals surface area contributed by atoms with Gasteiger partial charge in [-0.25, -0.2) is 4.98 Å². The van der Waals surface area contributed by atoms with E-state index in [1.54, 1.807) is 6.20 Å². The SMILES string of the molecule is Cc1nccn1CC(C)CNC(=O)CC(N)c1ccccc1.Cl.Cl. The average Bonchev–Trinajstić information content (AvgIpc) is 2.91. The summed E-state index contributed by atoms with van der Waals surface area (Å²) in [4.78, 5) is 16.2. The van der Waals surface area contributed by atoms with Gasteiger partial charge in [-0.3, -0.25) is 4.79 Å². The van der Waals surface area contributed by atoms with Gasteiger partial charge in [0.1, 0.15) is 5.82 Å². The summed E-state index contributed by atoms with van der Waals surface area (Å²) in [6.45, 7) is 5.57. The van der Waals surface area contributed by atoms with Crippen LogP contribution in [0.15, 0.2) is 42.7 Å². The van der Waals surface area contributed by atoms with Crippen molar-refractivity contribution in [2.45, 2.75) is 32.9 Å². The van der Waals surface area contributed by atoms with Crippen LogP contribution in [0.2, 0.25) is 0 Å². The Bertz CT molecular complexity index is 604. The number of hydrogen-bond donors (Lipinski definition) is 2. The Morgan fingerprint density at radius 2 is 1.96 bits per heavy atom. The molecule has 2 rings (SSSR count). The lowest BCUT2D eigenvalue weighted by Gasteiger charge is -2.16. The van der Waals surface area contributed by atoms with E-state index in [9.17, 15) is 4.79 Å². The zero-order chi connectivity index (χ0) is 15.9. The molecule has 0 saturated carbocycles. The second-order valence-corrected chi connectivity index (χ2v) is 5.76. The third-order valence-corrected chi connectivity index (χ3v) is 3.71. The lowest BCUT2D eigenvalue weighted by atomic mass is 10.0. The molecule has 0 fully saturated rings. The first-order valence-corrected chi connectivity index (χ1v) is 7.61. The highest BCUT2D eigenvalue weighted by Crippen LogP contribution is 2.13. The van der Waals surface area contributed by atoms with Gasteiger partial charge in [0.05, 0.1) is 0 Å². The van der Waals surface area contributed by atoms with Crippen LogP contribution in [0.5, 0.6) is 0 Å². The number of carbonyl (C=O) groups excluding carboxylic acids is 1. The van der Waals surface area contributed by atoms with Crippen LogP contribution in [0.1, 0.15) is 30.8 Å². The minimum absolute atomic E-state index is 0. The third-order valence-electron chi connectivity index (χ3n) is 3.71. The Kier molecular flexibility index (Phi) is 10.4. The summed E-state index contributed by atoms with van der Waals surface area (Å²) in [5.74, 6) is 1.32. The van der Waals surface area contributed by atoms with Crippen molar-refractivity contribution in [2.75, 3.05) is 6.54 Å². The van der Waals surface area contributed by atoms with Gasteiger partial charge in [0.25, 0.3) is 0 Å². The normalized spacial score (nSPS) is 12.5. The van der Waals surface area contributed by atoms with E-state index in [1.807, 2.05) is 43.5 Å². The number of rotatable bonds is 7. The van der Waals surface area contributed by atoms with E-state index >= 15 is 0 Å². The van der Waals surface area contributed by atoms with E-state index in [1.165, 1.54) is 0 Å². The topological polar surface area (TPSA) is 72.9 Å². The molecule has 2 aromatic rings. The molecule has 1 aromatic heterocycles. The number of hydrogen-bond acceptors (Lipinski definition) is 3. The van der Waals surface area contributed by atoms with Crippen molar-refractivity contribution in [3.63, 3.8) is 0 Å². The zero-order valence-corrected chi connectivity index (χ0v) is 15.6. The number of aromatic nitrogens is 2. The number of nitrogens with two attached hydrogens (primary N) is 1. The van der Waals surface area contributed by atoms with Crippen molar-refractivity contribution in [2.24, 2.45) is 11.7 Å². The molecule has 1 heterocycles. The van der Waals surface area contributed by atoms with Crippen LogP contribution in [0.4, 0.5) is 0 Å². The highest BCUT2D eigenvalue weighted by molar-refractivity contribution is 5.85. The van der Waals surface area contributed by atoms with E-state index in [2.05, 4.69) is 21.8 Å². The number of imidazole rings is 1. The second kappa shape index (κ2) is 11.1. The van der Waals surface area contributed by atoms with Crippen LogP contribution in [0.3, 0.4) is 0 Å². The quantitative estimate of drug-likeness (QED) is 0.784. The van der Waals surface area contributed by atoms with Gasteiger partial charge in [-0.1, -0.05) is 37.3 Å². The van der Waals surface area contributed by atoms with Crippen molar-refractivity contribution < 1.29 is 4.79 Å². The van der Waals surface area contributed by atoms with E-state index in [0.717, 1.165) is 17.9 Å². The van der Waals surface area contributed by atoms with Crippen molar-refractivity contribution in [1.29, 1.82) is 0 Å². The van der Waals surface area contributed by atoms with Gasteiger partial charge >= 0.3 is 0 Å². The smallest absolute Gasteiger partial charge is 0.221 e. The molecule has 0 bridgehead atoms. The molecule has 1 amide bonds. The van der Waals surface area contributed by atoms with Gasteiger partial charge < -0.3 is 15.6 Å². The van der Waals surface area contributed by atoms with E-state index in [0.29, 0.717) is 18.9 Å². The van der Waals surface area contributed by atoms with Crippen LogP contribution >= 0.6 is 24.8 Å². The number of benzene rings is 1. The largest absolute Gasteiger partial charge is 0.356 e. The molecular weight excluding hydrogens is 347 g/mol. The molecule has 0 aliphatic heterocycles. The maximum absolute atomic E-state index is 12.0. The Hall–Kier alpha value is -1.56. The number of nitrogens with one attached hydrogen (secondary N) is 1. The minimum atomic E-state index is -0.257. The van der Waals surface area contributed by atoms with Gasteiger partial charge in [-0.15, -0.1) is 24.8 Å². The highest BCUT2D eigenvalue weighted by Gasteiger charge is 2.12.